The summed E-state index contributed by atoms with van der Waals surface area (Å²) in [5.74, 6) is 0.959. The van der Waals surface area contributed by atoms with Crippen LogP contribution in [0, 0.1) is 11.3 Å². The van der Waals surface area contributed by atoms with Crippen LogP contribution in [0.4, 0.5) is 11.5 Å². The third-order valence-corrected chi connectivity index (χ3v) is 9.12. The molecule has 3 fully saturated rings. The van der Waals surface area contributed by atoms with Gasteiger partial charge in [0.15, 0.2) is 0 Å². The van der Waals surface area contributed by atoms with Crippen LogP contribution in [0.3, 0.4) is 0 Å². The van der Waals surface area contributed by atoms with Gasteiger partial charge in [0.1, 0.15) is 18.5 Å². The van der Waals surface area contributed by atoms with Crippen molar-refractivity contribution in [2.45, 2.75) is 49.9 Å². The lowest BCUT2D eigenvalue weighted by Gasteiger charge is -2.38. The number of hydrogen-bond acceptors (Lipinski definition) is 9. The lowest BCUT2D eigenvalue weighted by Crippen LogP contribution is -2.51. The quantitative estimate of drug-likeness (QED) is 0.507. The van der Waals surface area contributed by atoms with Crippen molar-refractivity contribution in [1.82, 2.24) is 20.2 Å². The smallest absolute Gasteiger partial charge is 0.318 e. The predicted octanol–water partition coefficient (Wildman–Crippen LogP) is 3.13. The number of fused-ring (bicyclic) bond motifs is 2. The van der Waals surface area contributed by atoms with E-state index in [2.05, 4.69) is 75.6 Å². The SMILES string of the molecule is CN1CC(COc2nc3c(c(N4CCNC(CC#N)C4)n2)CCN(c2cccc4ccccc24)C3)OCC12CC2. The van der Waals surface area contributed by atoms with Gasteiger partial charge in [0.25, 0.3) is 0 Å². The van der Waals surface area contributed by atoms with Crippen molar-refractivity contribution in [1.29, 1.82) is 5.26 Å². The molecular weight excluding hydrogens is 502 g/mol. The number of aromatic nitrogens is 2. The molecular formula is C31H37N7O2. The molecule has 3 aliphatic heterocycles. The lowest BCUT2D eigenvalue weighted by molar-refractivity contribution is -0.0799. The number of nitrogens with zero attached hydrogens (tertiary/aromatic N) is 6. The van der Waals surface area contributed by atoms with E-state index in [1.807, 2.05) is 0 Å². The Labute approximate surface area is 235 Å². The maximum atomic E-state index is 9.30. The first-order chi connectivity index (χ1) is 19.6. The number of anilines is 2. The largest absolute Gasteiger partial charge is 0.461 e. The molecule has 0 bridgehead atoms. The van der Waals surface area contributed by atoms with Gasteiger partial charge in [-0.2, -0.15) is 15.2 Å². The van der Waals surface area contributed by atoms with Crippen molar-refractivity contribution in [3.05, 3.63) is 53.7 Å². The molecule has 2 aromatic carbocycles. The van der Waals surface area contributed by atoms with Crippen molar-refractivity contribution in [2.75, 3.05) is 62.8 Å². The average Bonchev–Trinajstić information content (AvgIpc) is 3.78. The van der Waals surface area contributed by atoms with Crippen LogP contribution in [0.5, 0.6) is 6.01 Å². The number of nitrogens with one attached hydrogen (secondary N) is 1. The molecule has 1 N–H and O–H groups in total. The minimum absolute atomic E-state index is 0.00526. The summed E-state index contributed by atoms with van der Waals surface area (Å²) in [5, 5.41) is 15.3. The number of likely N-dealkylation sites (N-methyl/N-ethyl adjacent to an activating group) is 1. The fourth-order valence-corrected chi connectivity index (χ4v) is 6.54. The zero-order valence-corrected chi connectivity index (χ0v) is 23.2. The zero-order valence-electron chi connectivity index (χ0n) is 23.2. The molecule has 40 heavy (non-hydrogen) atoms. The maximum absolute atomic E-state index is 9.30. The molecule has 4 heterocycles. The standard InChI is InChI=1S/C31H37N7O2/c1-36-18-24(40-21-31(36)11-12-31)20-39-30-34-27-19-37(28-8-4-6-22-5-2-3-7-25(22)28)15-10-26(27)29(35-30)38-16-14-33-23(17-38)9-13-32/h2-8,23-24,33H,9-12,14-21H2,1H3. The molecule has 4 aliphatic rings. The van der Waals surface area contributed by atoms with Gasteiger partial charge in [-0.3, -0.25) is 4.90 Å². The summed E-state index contributed by atoms with van der Waals surface area (Å²) in [5.41, 5.74) is 3.72. The second kappa shape index (κ2) is 10.5. The highest BCUT2D eigenvalue weighted by Gasteiger charge is 2.50. The Hall–Kier alpha value is -3.45. The van der Waals surface area contributed by atoms with Gasteiger partial charge in [0.05, 0.1) is 31.3 Å². The van der Waals surface area contributed by atoms with E-state index in [0.29, 0.717) is 25.6 Å². The summed E-state index contributed by atoms with van der Waals surface area (Å²) in [4.78, 5) is 17.2. The van der Waals surface area contributed by atoms with Gasteiger partial charge >= 0.3 is 6.01 Å². The highest BCUT2D eigenvalue weighted by Crippen LogP contribution is 2.43. The Balaban J connectivity index is 1.17. The molecule has 1 aromatic heterocycles. The van der Waals surface area contributed by atoms with Crippen molar-refractivity contribution in [2.24, 2.45) is 0 Å². The fourth-order valence-electron chi connectivity index (χ4n) is 6.54. The molecule has 9 nitrogen and oxygen atoms in total. The third kappa shape index (κ3) is 4.85. The topological polar surface area (TPSA) is 89.8 Å². The summed E-state index contributed by atoms with van der Waals surface area (Å²) < 4.78 is 12.5. The van der Waals surface area contributed by atoms with Gasteiger partial charge < -0.3 is 24.6 Å². The highest BCUT2D eigenvalue weighted by atomic mass is 16.5. The Morgan fingerprint density at radius 3 is 2.83 bits per heavy atom. The summed E-state index contributed by atoms with van der Waals surface area (Å²) >= 11 is 0. The number of ether oxygens (including phenoxy) is 2. The maximum Gasteiger partial charge on any atom is 0.318 e. The van der Waals surface area contributed by atoms with E-state index in [0.717, 1.165) is 57.3 Å². The molecule has 2 unspecified atom stereocenters. The first-order valence-electron chi connectivity index (χ1n) is 14.6. The second-order valence-corrected chi connectivity index (χ2v) is 11.7. The van der Waals surface area contributed by atoms with Crippen LogP contribution < -0.4 is 19.9 Å². The molecule has 208 valence electrons. The number of hydrogen-bond donors (Lipinski definition) is 1. The molecule has 3 aromatic rings. The van der Waals surface area contributed by atoms with Gasteiger partial charge in [-0.15, -0.1) is 0 Å². The number of rotatable bonds is 6. The average molecular weight is 540 g/mol. The molecule has 1 aliphatic carbocycles. The number of benzene rings is 2. The molecule has 2 atom stereocenters. The minimum Gasteiger partial charge on any atom is -0.461 e. The normalized spacial score (nSPS) is 24.1. The van der Waals surface area contributed by atoms with Gasteiger partial charge in [-0.1, -0.05) is 36.4 Å². The van der Waals surface area contributed by atoms with Crippen molar-refractivity contribution >= 4 is 22.3 Å². The van der Waals surface area contributed by atoms with E-state index in [1.54, 1.807) is 0 Å². The summed E-state index contributed by atoms with van der Waals surface area (Å²) in [6.45, 7) is 6.09. The zero-order chi connectivity index (χ0) is 27.1. The van der Waals surface area contributed by atoms with E-state index in [9.17, 15) is 5.26 Å². The predicted molar refractivity (Wildman–Crippen MR) is 155 cm³/mol. The molecule has 1 spiro atoms. The van der Waals surface area contributed by atoms with Crippen LogP contribution in [0.2, 0.25) is 0 Å². The summed E-state index contributed by atoms with van der Waals surface area (Å²) in [6.07, 6.45) is 3.79. The Morgan fingerprint density at radius 2 is 1.98 bits per heavy atom. The van der Waals surface area contributed by atoms with Gasteiger partial charge in [-0.25, -0.2) is 0 Å². The Bertz CT molecular complexity index is 1430. The molecule has 2 saturated heterocycles. The van der Waals surface area contributed by atoms with Crippen LogP contribution in [0.25, 0.3) is 10.8 Å². The Morgan fingerprint density at radius 1 is 1.10 bits per heavy atom. The van der Waals surface area contributed by atoms with E-state index in [4.69, 9.17) is 19.4 Å². The molecule has 7 rings (SSSR count). The van der Waals surface area contributed by atoms with E-state index in [-0.39, 0.29) is 17.7 Å². The second-order valence-electron chi connectivity index (χ2n) is 11.7. The highest BCUT2D eigenvalue weighted by molar-refractivity contribution is 5.94. The van der Waals surface area contributed by atoms with Crippen molar-refractivity contribution in [3.8, 4) is 12.1 Å². The fraction of sp³-hybridized carbons (Fsp3) is 0.516. The van der Waals surface area contributed by atoms with Crippen LogP contribution in [0.15, 0.2) is 42.5 Å². The number of morpholine rings is 1. The van der Waals surface area contributed by atoms with E-state index >= 15 is 0 Å². The monoisotopic (exact) mass is 539 g/mol. The summed E-state index contributed by atoms with van der Waals surface area (Å²) in [7, 11) is 2.19. The lowest BCUT2D eigenvalue weighted by atomic mass is 10.0. The van der Waals surface area contributed by atoms with E-state index in [1.165, 1.54) is 34.9 Å². The first kappa shape index (κ1) is 25.5. The number of nitriles is 1. The molecule has 0 amide bonds. The van der Waals surface area contributed by atoms with E-state index < -0.39 is 0 Å². The van der Waals surface area contributed by atoms with Crippen LogP contribution >= 0.6 is 0 Å². The van der Waals surface area contributed by atoms with Gasteiger partial charge in [0.2, 0.25) is 0 Å². The molecule has 0 radical (unpaired) electrons. The van der Waals surface area contributed by atoms with Crippen LogP contribution in [-0.2, 0) is 17.7 Å². The molecule has 9 heteroatoms. The van der Waals surface area contributed by atoms with Crippen molar-refractivity contribution < 1.29 is 9.47 Å². The van der Waals surface area contributed by atoms with Crippen LogP contribution in [-0.4, -0.2) is 85.5 Å². The van der Waals surface area contributed by atoms with Crippen LogP contribution in [0.1, 0.15) is 30.5 Å². The summed E-state index contributed by atoms with van der Waals surface area (Å²) in [6, 6.07) is 17.9. The molecule has 1 saturated carbocycles. The Kier molecular flexibility index (Phi) is 6.70. The third-order valence-electron chi connectivity index (χ3n) is 9.12. The van der Waals surface area contributed by atoms with Gasteiger partial charge in [0, 0.05) is 60.9 Å². The first-order valence-corrected chi connectivity index (χ1v) is 14.6. The van der Waals surface area contributed by atoms with Gasteiger partial charge in [-0.05, 0) is 37.8 Å². The minimum atomic E-state index is 0.00526. The van der Waals surface area contributed by atoms with Crippen molar-refractivity contribution in [3.63, 3.8) is 0 Å². The number of piperazine rings is 1.